The third kappa shape index (κ3) is 5.05. The summed E-state index contributed by atoms with van der Waals surface area (Å²) in [5.41, 5.74) is 1.70. The summed E-state index contributed by atoms with van der Waals surface area (Å²) in [6, 6.07) is 10.8. The number of fused-ring (bicyclic) bond motifs is 6. The third-order valence-electron chi connectivity index (χ3n) is 14.6. The van der Waals surface area contributed by atoms with Crippen LogP contribution in [-0.4, -0.2) is 122 Å². The fourth-order valence-corrected chi connectivity index (χ4v) is 12.5. The Labute approximate surface area is 337 Å². The van der Waals surface area contributed by atoms with Gasteiger partial charge in [0.05, 0.1) is 27.4 Å². The molecule has 58 heavy (non-hydrogen) atoms. The zero-order valence-electron chi connectivity index (χ0n) is 34.3. The number of alkyl halides is 1. The summed E-state index contributed by atoms with van der Waals surface area (Å²) in [6.07, 6.45) is 3.20. The normalized spacial score (nSPS) is 34.0. The van der Waals surface area contributed by atoms with E-state index < -0.39 is 58.6 Å². The SMILES string of the molecule is CCC1=CCN2CC[C@]34c5cc([C@@]6(C(=O)OC)C[C@@H]7C=C(C(C)F)CN(Cc8c6[nH]c6ccccc86)C7)c(OC)cc5N(C)[C@H]3[C@@](O)(C(=O)OC)[C@H](OC(C)=O)C1[C@H]24. The van der Waals surface area contributed by atoms with Crippen molar-refractivity contribution in [3.63, 3.8) is 0 Å². The molecule has 6 aliphatic rings. The fraction of sp³-hybridized carbons (Fsp3) is 0.533. The molecule has 3 unspecified atom stereocenters. The Morgan fingerprint density at radius 3 is 2.52 bits per heavy atom. The number of carbonyl (C=O) groups excluding carboxylic acids is 3. The van der Waals surface area contributed by atoms with Gasteiger partial charge >= 0.3 is 17.9 Å². The topological polar surface area (TPSA) is 134 Å². The Balaban J connectivity index is 1.36. The van der Waals surface area contributed by atoms with Gasteiger partial charge in [-0.05, 0) is 67.5 Å². The fourth-order valence-electron chi connectivity index (χ4n) is 12.5. The number of aromatic nitrogens is 1. The first-order valence-electron chi connectivity index (χ1n) is 20.4. The van der Waals surface area contributed by atoms with Crippen LogP contribution in [0.1, 0.15) is 62.4 Å². The van der Waals surface area contributed by atoms with Crippen LogP contribution in [0, 0.1) is 11.8 Å². The number of ether oxygens (including phenoxy) is 4. The second-order valence-electron chi connectivity index (χ2n) is 17.2. The van der Waals surface area contributed by atoms with Gasteiger partial charge in [0.1, 0.15) is 17.3 Å². The molecule has 0 amide bonds. The highest BCUT2D eigenvalue weighted by molar-refractivity contribution is 5.95. The number of benzene rings is 2. The quantitative estimate of drug-likeness (QED) is 0.196. The predicted molar refractivity (Wildman–Crippen MR) is 214 cm³/mol. The average Bonchev–Trinajstić information content (AvgIpc) is 3.86. The van der Waals surface area contributed by atoms with E-state index in [1.165, 1.54) is 21.1 Å². The molecule has 3 aromatic rings. The number of rotatable bonds is 7. The Kier molecular flexibility index (Phi) is 9.14. The second-order valence-corrected chi connectivity index (χ2v) is 17.2. The van der Waals surface area contributed by atoms with Crippen molar-refractivity contribution >= 4 is 34.5 Å². The van der Waals surface area contributed by atoms with Gasteiger partial charge < -0.3 is 33.9 Å². The minimum atomic E-state index is -2.29. The minimum Gasteiger partial charge on any atom is -0.496 e. The third-order valence-corrected chi connectivity index (χ3v) is 14.6. The molecular weight excluding hydrogens is 744 g/mol. The standard InChI is InChI=1S/C45H53FN4O8/c1-8-27-13-15-50-16-14-43-31-18-32(35(55-5)19-34(31)48(4)40(43)45(54,42(53)57-7)39(58-25(3)51)36(27)38(43)50)44(41(52)56-6)20-26-17-28(24(2)46)22-49(21-26)23-30-29-11-9-10-12-33(29)47-37(30)44/h9-13,17-19,24,26,36,38-40,47,54H,8,14-16,20-23H2,1-7H3/t24?,26-,36?,38-,39+,40+,43+,44-,45+/m0/s1. The number of halogens is 1. The van der Waals surface area contributed by atoms with Gasteiger partial charge in [-0.1, -0.05) is 42.8 Å². The van der Waals surface area contributed by atoms with Gasteiger partial charge in [0.15, 0.2) is 6.10 Å². The van der Waals surface area contributed by atoms with Crippen molar-refractivity contribution in [2.24, 2.45) is 11.8 Å². The molecule has 5 aliphatic heterocycles. The number of esters is 3. The van der Waals surface area contributed by atoms with E-state index in [0.29, 0.717) is 68.1 Å². The largest absolute Gasteiger partial charge is 0.496 e. The van der Waals surface area contributed by atoms with Crippen LogP contribution < -0.4 is 9.64 Å². The summed E-state index contributed by atoms with van der Waals surface area (Å²) in [6.45, 7) is 7.80. The van der Waals surface area contributed by atoms with Crippen LogP contribution in [-0.2, 0) is 46.0 Å². The van der Waals surface area contributed by atoms with Crippen LogP contribution in [0.2, 0.25) is 0 Å². The molecule has 1 saturated carbocycles. The summed E-state index contributed by atoms with van der Waals surface area (Å²) < 4.78 is 38.9. The highest BCUT2D eigenvalue weighted by Crippen LogP contribution is 2.65. The van der Waals surface area contributed by atoms with Crippen LogP contribution in [0.4, 0.5) is 10.1 Å². The maximum atomic E-state index is 15.2. The first-order chi connectivity index (χ1) is 27.8. The van der Waals surface area contributed by atoms with Crippen molar-refractivity contribution in [2.45, 2.75) is 87.4 Å². The van der Waals surface area contributed by atoms with Gasteiger partial charge in [-0.3, -0.25) is 19.4 Å². The van der Waals surface area contributed by atoms with Gasteiger partial charge in [-0.25, -0.2) is 9.18 Å². The molecule has 2 N–H and O–H groups in total. The zero-order valence-corrected chi connectivity index (χ0v) is 34.3. The number of para-hydroxylation sites is 1. The van der Waals surface area contributed by atoms with E-state index in [1.807, 2.05) is 55.3 Å². The van der Waals surface area contributed by atoms with E-state index in [2.05, 4.69) is 26.9 Å². The van der Waals surface area contributed by atoms with Crippen LogP contribution in [0.25, 0.3) is 10.9 Å². The van der Waals surface area contributed by atoms with Gasteiger partial charge in [0, 0.05) is 91.4 Å². The van der Waals surface area contributed by atoms with Crippen molar-refractivity contribution < 1.29 is 42.8 Å². The Morgan fingerprint density at radius 2 is 1.83 bits per heavy atom. The zero-order chi connectivity index (χ0) is 41.1. The smallest absolute Gasteiger partial charge is 0.344 e. The molecule has 2 aromatic carbocycles. The molecule has 12 nitrogen and oxygen atoms in total. The molecule has 308 valence electrons. The van der Waals surface area contributed by atoms with Crippen molar-refractivity contribution in [1.29, 1.82) is 0 Å². The molecule has 6 heterocycles. The number of aromatic amines is 1. The molecule has 1 spiro atoms. The first kappa shape index (κ1) is 38.8. The molecule has 10 atom stereocenters. The molecule has 13 heteroatoms. The minimum absolute atomic E-state index is 0.224. The van der Waals surface area contributed by atoms with E-state index in [4.69, 9.17) is 18.9 Å². The molecule has 0 radical (unpaired) electrons. The van der Waals surface area contributed by atoms with Crippen LogP contribution in [0.3, 0.4) is 0 Å². The van der Waals surface area contributed by atoms with Gasteiger partial charge in [0.2, 0.25) is 5.60 Å². The number of nitrogens with one attached hydrogen (secondary N) is 1. The number of aliphatic hydroxyl groups is 1. The number of likely N-dealkylation sites (N-methyl/N-ethyl adjacent to an activating group) is 1. The monoisotopic (exact) mass is 796 g/mol. The van der Waals surface area contributed by atoms with E-state index in [9.17, 15) is 14.7 Å². The second kappa shape index (κ2) is 13.7. The van der Waals surface area contributed by atoms with Crippen molar-refractivity contribution in [1.82, 2.24) is 14.8 Å². The van der Waals surface area contributed by atoms with Gasteiger partial charge in [-0.2, -0.15) is 0 Å². The summed E-state index contributed by atoms with van der Waals surface area (Å²) in [5.74, 6) is -2.30. The highest BCUT2D eigenvalue weighted by Gasteiger charge is 2.77. The lowest BCUT2D eigenvalue weighted by Gasteiger charge is -2.59. The van der Waals surface area contributed by atoms with E-state index >= 15 is 9.18 Å². The first-order valence-corrected chi connectivity index (χ1v) is 20.4. The number of anilines is 1. The Morgan fingerprint density at radius 1 is 1.07 bits per heavy atom. The van der Waals surface area contributed by atoms with E-state index in [1.54, 1.807) is 14.0 Å². The summed E-state index contributed by atoms with van der Waals surface area (Å²) in [5, 5.41) is 14.2. The number of methoxy groups -OCH3 is 3. The summed E-state index contributed by atoms with van der Waals surface area (Å²) in [7, 11) is 6.07. The number of carbonyl (C=O) groups is 3. The number of hydrogen-bond acceptors (Lipinski definition) is 11. The van der Waals surface area contributed by atoms with Crippen LogP contribution >= 0.6 is 0 Å². The number of nitrogens with zero attached hydrogens (tertiary/aromatic N) is 3. The lowest BCUT2D eigenvalue weighted by Crippen LogP contribution is -2.78. The van der Waals surface area contributed by atoms with E-state index in [0.717, 1.165) is 33.3 Å². The average molecular weight is 797 g/mol. The van der Waals surface area contributed by atoms with Gasteiger partial charge in [0.25, 0.3) is 0 Å². The number of H-pyrrole nitrogens is 1. The highest BCUT2D eigenvalue weighted by atomic mass is 19.1. The molecule has 2 bridgehead atoms. The maximum absolute atomic E-state index is 15.2. The van der Waals surface area contributed by atoms with E-state index in [-0.39, 0.29) is 18.4 Å². The molecule has 9 rings (SSSR count). The maximum Gasteiger partial charge on any atom is 0.344 e. The van der Waals surface area contributed by atoms with Crippen LogP contribution in [0.5, 0.6) is 5.75 Å². The molecule has 1 aliphatic carbocycles. The molecule has 1 saturated heterocycles. The molecule has 1 aromatic heterocycles. The molecule has 2 fully saturated rings. The summed E-state index contributed by atoms with van der Waals surface area (Å²) >= 11 is 0. The Bertz CT molecular complexity index is 2290. The predicted octanol–water partition coefficient (Wildman–Crippen LogP) is 4.70. The lowest BCUT2D eigenvalue weighted by atomic mass is 9.52. The summed E-state index contributed by atoms with van der Waals surface area (Å²) in [4.78, 5) is 52.6. The number of hydrogen-bond donors (Lipinski definition) is 2. The Hall–Kier alpha value is -4.72. The van der Waals surface area contributed by atoms with Crippen molar-refractivity contribution in [2.75, 3.05) is 59.5 Å². The molecular formula is C45H53FN4O8. The van der Waals surface area contributed by atoms with Crippen molar-refractivity contribution in [3.05, 3.63) is 82.1 Å². The lowest BCUT2D eigenvalue weighted by molar-refractivity contribution is -0.212. The van der Waals surface area contributed by atoms with Crippen molar-refractivity contribution in [3.8, 4) is 5.75 Å². The van der Waals surface area contributed by atoms with Crippen LogP contribution in [0.15, 0.2) is 59.7 Å². The van der Waals surface area contributed by atoms with Gasteiger partial charge in [-0.15, -0.1) is 0 Å².